The quantitative estimate of drug-likeness (QED) is 0.135. The molecule has 3 aliphatic rings. The van der Waals surface area contributed by atoms with E-state index in [1.807, 2.05) is 0 Å². The summed E-state index contributed by atoms with van der Waals surface area (Å²) in [6, 6.07) is 41.4. The van der Waals surface area contributed by atoms with Gasteiger partial charge < -0.3 is 0 Å². The van der Waals surface area contributed by atoms with Gasteiger partial charge in [-0.1, -0.05) is 109 Å². The van der Waals surface area contributed by atoms with E-state index in [0.717, 1.165) is 39.3 Å². The summed E-state index contributed by atoms with van der Waals surface area (Å²) in [5.74, 6) is 15.3. The monoisotopic (exact) mass is 1170 g/mol. The number of hydrogen-bond donors (Lipinski definition) is 0. The molecule has 0 saturated carbocycles. The molecule has 0 atom stereocenters. The van der Waals surface area contributed by atoms with Gasteiger partial charge >= 0.3 is 0 Å². The molecule has 0 N–H and O–H groups in total. The average Bonchev–Trinajstić information content (AvgIpc) is 3.45. The third-order valence-corrected chi connectivity index (χ3v) is 22.2. The fourth-order valence-electron chi connectivity index (χ4n) is 11.3. The minimum absolute atomic E-state index is 1.08. The fourth-order valence-corrected chi connectivity index (χ4v) is 16.6. The highest BCUT2D eigenvalue weighted by Gasteiger charge is 2.16. The maximum absolute atomic E-state index is 2.85. The Hall–Kier alpha value is -1.26. The van der Waals surface area contributed by atoms with Crippen molar-refractivity contribution < 1.29 is 0 Å². The van der Waals surface area contributed by atoms with Crippen molar-refractivity contribution in [2.24, 2.45) is 0 Å². The van der Waals surface area contributed by atoms with Gasteiger partial charge in [0.15, 0.2) is 0 Å². The van der Waals surface area contributed by atoms with Crippen molar-refractivity contribution in [3.05, 3.63) is 143 Å². The van der Waals surface area contributed by atoms with Gasteiger partial charge in [0.1, 0.15) is 0 Å². The van der Waals surface area contributed by atoms with E-state index < -0.39 is 0 Å². The van der Waals surface area contributed by atoms with Gasteiger partial charge in [-0.25, -0.2) is 0 Å². The second kappa shape index (κ2) is 41.7. The predicted molar refractivity (Wildman–Crippen MR) is 357 cm³/mol. The first-order chi connectivity index (χ1) is 38.7. The van der Waals surface area contributed by atoms with Crippen LogP contribution in [0.25, 0.3) is 0 Å². The van der Waals surface area contributed by atoms with Crippen LogP contribution in [0.2, 0.25) is 0 Å². The molecule has 7 rings (SSSR count). The Bertz CT molecular complexity index is 1780. The molecule has 6 nitrogen and oxygen atoms in total. The molecule has 4 aromatic rings. The first kappa shape index (κ1) is 64.3. The van der Waals surface area contributed by atoms with Crippen LogP contribution in [0.15, 0.2) is 109 Å². The van der Waals surface area contributed by atoms with Gasteiger partial charge in [-0.3, -0.25) is 29.4 Å². The highest BCUT2D eigenvalue weighted by Crippen LogP contribution is 2.22. The zero-order valence-corrected chi connectivity index (χ0v) is 53.1. The largest absolute Gasteiger partial charge is 0.299 e. The minimum atomic E-state index is 1.08. The maximum atomic E-state index is 2.85. The SMILES string of the molecule is c1ccc(CN2CCCSCCCN(Cc3cc(CN4CCCSCCCN(Cc5ccccc5)CCCSCCC4)cc(CN4CCCSCCCN(Cc5ccccc5)CCCSCCC4)c3)CCCSCCC2)cc1. The Morgan fingerprint density at radius 1 is 0.205 bits per heavy atom. The van der Waals surface area contributed by atoms with Crippen molar-refractivity contribution in [3.8, 4) is 0 Å². The Morgan fingerprint density at radius 2 is 0.359 bits per heavy atom. The van der Waals surface area contributed by atoms with Gasteiger partial charge in [-0.05, 0) is 258 Å². The fraction of sp³-hybridized carbons (Fsp3) is 0.636. The summed E-state index contributed by atoms with van der Waals surface area (Å²) >= 11 is 13.2. The van der Waals surface area contributed by atoms with Crippen molar-refractivity contribution in [2.75, 3.05) is 148 Å². The topological polar surface area (TPSA) is 19.4 Å². The summed E-state index contributed by atoms with van der Waals surface area (Å²) in [6.45, 7) is 21.0. The molecule has 0 spiro atoms. The van der Waals surface area contributed by atoms with Crippen LogP contribution in [0, 0.1) is 0 Å². The molecule has 12 heteroatoms. The molecule has 0 aromatic heterocycles. The molecule has 0 unspecified atom stereocenters. The molecule has 0 bridgehead atoms. The first-order valence-electron chi connectivity index (χ1n) is 30.7. The molecular weight excluding hydrogens is 1070 g/mol. The van der Waals surface area contributed by atoms with E-state index in [1.54, 1.807) is 16.7 Å². The van der Waals surface area contributed by atoms with E-state index in [1.165, 1.54) is 241 Å². The lowest BCUT2D eigenvalue weighted by Gasteiger charge is -2.27. The van der Waals surface area contributed by atoms with Crippen LogP contribution in [0.3, 0.4) is 0 Å². The van der Waals surface area contributed by atoms with Crippen molar-refractivity contribution in [1.82, 2.24) is 29.4 Å². The van der Waals surface area contributed by atoms with Crippen LogP contribution in [-0.2, 0) is 39.3 Å². The van der Waals surface area contributed by atoms with Crippen molar-refractivity contribution >= 4 is 70.6 Å². The van der Waals surface area contributed by atoms with Crippen LogP contribution >= 0.6 is 70.6 Å². The minimum Gasteiger partial charge on any atom is -0.299 e. The zero-order chi connectivity index (χ0) is 53.6. The van der Waals surface area contributed by atoms with Crippen LogP contribution in [0.5, 0.6) is 0 Å². The van der Waals surface area contributed by atoms with Crippen molar-refractivity contribution in [3.63, 3.8) is 0 Å². The first-order valence-corrected chi connectivity index (χ1v) is 37.7. The lowest BCUT2D eigenvalue weighted by molar-refractivity contribution is 0.259. The van der Waals surface area contributed by atoms with Gasteiger partial charge in [0.25, 0.3) is 0 Å². The van der Waals surface area contributed by atoms with Gasteiger partial charge in [-0.2, -0.15) is 70.6 Å². The number of hydrogen-bond acceptors (Lipinski definition) is 12. The van der Waals surface area contributed by atoms with Gasteiger partial charge in [0.2, 0.25) is 0 Å². The molecule has 0 amide bonds. The van der Waals surface area contributed by atoms with Crippen LogP contribution < -0.4 is 0 Å². The Kier molecular flexibility index (Phi) is 34.4. The van der Waals surface area contributed by atoms with E-state index >= 15 is 0 Å². The van der Waals surface area contributed by atoms with E-state index in [0.29, 0.717) is 0 Å². The second-order valence-electron chi connectivity index (χ2n) is 22.2. The molecule has 3 saturated heterocycles. The second-order valence-corrected chi connectivity index (χ2v) is 29.5. The molecule has 0 aliphatic carbocycles. The van der Waals surface area contributed by atoms with Gasteiger partial charge in [-0.15, -0.1) is 0 Å². The number of benzene rings is 4. The number of rotatable bonds is 12. The molecule has 4 aromatic carbocycles. The van der Waals surface area contributed by atoms with Crippen molar-refractivity contribution in [2.45, 2.75) is 116 Å². The summed E-state index contributed by atoms with van der Waals surface area (Å²) in [6.07, 6.45) is 15.4. The molecule has 432 valence electrons. The van der Waals surface area contributed by atoms with Crippen LogP contribution in [0.4, 0.5) is 0 Å². The molecule has 3 heterocycles. The standard InChI is InChI=1S/C66H102N6S6/c1-4-22-61(23-5-1)55-67-28-10-40-73-46-16-34-70(35-17-47-74-41-11-29-67)58-64-52-65(59-71-36-18-48-75-42-12-30-68(31-13-43-76-49-19-37-71)56-62-24-6-2-7-25-62)54-66(53-64)60-72-38-20-50-77-44-14-32-69(33-15-45-78-51-21-39-72)57-63-26-8-3-9-27-63/h1-9,22-27,52-54H,10-21,28-51,55-60H2. The van der Waals surface area contributed by atoms with Crippen molar-refractivity contribution in [1.29, 1.82) is 0 Å². The predicted octanol–water partition coefficient (Wildman–Crippen LogP) is 14.7. The number of nitrogens with zero attached hydrogens (tertiary/aromatic N) is 6. The van der Waals surface area contributed by atoms with Crippen LogP contribution in [0.1, 0.15) is 110 Å². The molecule has 0 radical (unpaired) electrons. The summed E-state index contributed by atoms with van der Waals surface area (Å²) < 4.78 is 0. The third kappa shape index (κ3) is 28.8. The lowest BCUT2D eigenvalue weighted by atomic mass is 10.0. The van der Waals surface area contributed by atoms with E-state index in [4.69, 9.17) is 0 Å². The molecule has 3 fully saturated rings. The normalized spacial score (nSPS) is 21.2. The zero-order valence-electron chi connectivity index (χ0n) is 48.2. The Morgan fingerprint density at radius 3 is 0.526 bits per heavy atom. The van der Waals surface area contributed by atoms with E-state index in [2.05, 4.69) is 209 Å². The molecule has 3 aliphatic heterocycles. The lowest BCUT2D eigenvalue weighted by Crippen LogP contribution is -2.29. The summed E-state index contributed by atoms with van der Waals surface area (Å²) in [5, 5.41) is 0. The third-order valence-electron chi connectivity index (χ3n) is 15.2. The van der Waals surface area contributed by atoms with Crippen LogP contribution in [-0.4, -0.2) is 177 Å². The maximum Gasteiger partial charge on any atom is 0.0233 e. The summed E-state index contributed by atoms with van der Waals surface area (Å²) in [4.78, 5) is 16.7. The Balaban J connectivity index is 0.979. The van der Waals surface area contributed by atoms with Gasteiger partial charge in [0.05, 0.1) is 0 Å². The van der Waals surface area contributed by atoms with E-state index in [-0.39, 0.29) is 0 Å². The van der Waals surface area contributed by atoms with E-state index in [9.17, 15) is 0 Å². The highest BCUT2D eigenvalue weighted by molar-refractivity contribution is 8.00. The highest BCUT2D eigenvalue weighted by atomic mass is 32.2. The smallest absolute Gasteiger partial charge is 0.0233 e. The molecular formula is C66H102N6S6. The summed E-state index contributed by atoms with van der Waals surface area (Å²) in [7, 11) is 0. The number of thioether (sulfide) groups is 6. The Labute approximate surface area is 502 Å². The summed E-state index contributed by atoms with van der Waals surface area (Å²) in [5.41, 5.74) is 9.03. The van der Waals surface area contributed by atoms with Gasteiger partial charge in [0, 0.05) is 39.3 Å². The average molecular weight is 1170 g/mol. The molecule has 78 heavy (non-hydrogen) atoms.